The van der Waals surface area contributed by atoms with Crippen LogP contribution < -0.4 is 9.61 Å². The highest BCUT2D eigenvalue weighted by Crippen LogP contribution is 2.34. The van der Waals surface area contributed by atoms with Crippen LogP contribution in [0, 0.1) is 6.92 Å². The van der Waals surface area contributed by atoms with Crippen LogP contribution in [0.5, 0.6) is 5.75 Å². The van der Waals surface area contributed by atoms with Crippen LogP contribution in [0.1, 0.15) is 35.4 Å². The Hall–Kier alpha value is -3.62. The number of nitrogens with zero attached hydrogens (tertiary/aromatic N) is 4. The van der Waals surface area contributed by atoms with Gasteiger partial charge in [0.25, 0.3) is 26.1 Å². The molecule has 0 radical (unpaired) electrons. The molecule has 1 amide bonds. The maximum Gasteiger partial charge on any atom is 0.340 e. The molecule has 2 aromatic carbocycles. The number of carbonyl (C=O) groups is 1. The van der Waals surface area contributed by atoms with E-state index in [2.05, 4.69) is 10.4 Å². The summed E-state index contributed by atoms with van der Waals surface area (Å²) in [5, 5.41) is 2.76. The number of piperidine rings is 1. The fourth-order valence-electron chi connectivity index (χ4n) is 4.62. The van der Waals surface area contributed by atoms with Crippen LogP contribution in [-0.2, 0) is 30.4 Å². The van der Waals surface area contributed by atoms with Crippen LogP contribution in [0.3, 0.4) is 0 Å². The van der Waals surface area contributed by atoms with E-state index in [9.17, 15) is 30.0 Å². The van der Waals surface area contributed by atoms with Crippen molar-refractivity contribution in [3.05, 3.63) is 88.4 Å². The predicted molar refractivity (Wildman–Crippen MR) is 182 cm³/mol. The third-order valence-corrected chi connectivity index (χ3v) is 10.4. The van der Waals surface area contributed by atoms with Gasteiger partial charge in [0.1, 0.15) is 16.5 Å². The predicted octanol–water partition coefficient (Wildman–Crippen LogP) is 4.21. The molecule has 1 saturated heterocycles. The molecule has 0 unspecified atom stereocenters. The van der Waals surface area contributed by atoms with E-state index in [0.717, 1.165) is 32.4 Å². The zero-order valence-corrected chi connectivity index (χ0v) is 29.7. The van der Waals surface area contributed by atoms with Gasteiger partial charge in [-0.2, -0.15) is 25.3 Å². The minimum Gasteiger partial charge on any atom is -0.379 e. The summed E-state index contributed by atoms with van der Waals surface area (Å²) in [6.45, 7) is 3.36. The Morgan fingerprint density at radius 2 is 1.55 bits per heavy atom. The second kappa shape index (κ2) is 15.9. The molecule has 3 heterocycles. The molecule has 0 saturated carbocycles. The molecule has 20 heteroatoms. The molecule has 1 aliphatic heterocycles. The number of hydrazine groups is 1. The number of nitrogens with one attached hydrogen (secondary N) is 1. The lowest BCUT2D eigenvalue weighted by molar-refractivity contribution is 0.0744. The summed E-state index contributed by atoms with van der Waals surface area (Å²) in [4.78, 5) is 21.8. The fraction of sp³-hybridized carbons (Fsp3) is 0.276. The normalized spacial score (nSPS) is 14.1. The van der Waals surface area contributed by atoms with Gasteiger partial charge in [0.05, 0.1) is 22.2 Å². The van der Waals surface area contributed by atoms with Crippen LogP contribution in [0.15, 0.2) is 71.9 Å². The minimum atomic E-state index is -4.30. The molecule has 0 spiro atoms. The summed E-state index contributed by atoms with van der Waals surface area (Å²) < 4.78 is 87.7. The average Bonchev–Trinajstić information content (AvgIpc) is 3.37. The molecule has 49 heavy (non-hydrogen) atoms. The summed E-state index contributed by atoms with van der Waals surface area (Å²) in [7, 11) is -12.6. The van der Waals surface area contributed by atoms with E-state index in [1.807, 2.05) is 5.01 Å². The summed E-state index contributed by atoms with van der Waals surface area (Å²) in [6.07, 6.45) is 5.88. The number of rotatable bonds is 10. The van der Waals surface area contributed by atoms with E-state index >= 15 is 0 Å². The smallest absolute Gasteiger partial charge is 0.340 e. The Morgan fingerprint density at radius 3 is 2.10 bits per heavy atom. The highest BCUT2D eigenvalue weighted by Gasteiger charge is 2.25. The monoisotopic (exact) mass is 775 g/mol. The highest BCUT2D eigenvalue weighted by atomic mass is 35.5. The first-order valence-electron chi connectivity index (χ1n) is 14.4. The maximum atomic E-state index is 13.3. The molecule has 0 atom stereocenters. The van der Waals surface area contributed by atoms with E-state index in [1.165, 1.54) is 36.7 Å². The molecule has 15 nitrogen and oxygen atoms in total. The van der Waals surface area contributed by atoms with E-state index in [1.54, 1.807) is 41.8 Å². The van der Waals surface area contributed by atoms with Gasteiger partial charge in [-0.3, -0.25) is 28.9 Å². The van der Waals surface area contributed by atoms with Crippen LogP contribution >= 0.6 is 23.2 Å². The summed E-state index contributed by atoms with van der Waals surface area (Å²) in [5.74, 6) is -1.72. The lowest BCUT2D eigenvalue weighted by Crippen LogP contribution is -2.45. The largest absolute Gasteiger partial charge is 0.379 e. The Bertz CT molecular complexity index is 2090. The van der Waals surface area contributed by atoms with Crippen molar-refractivity contribution in [3.63, 3.8) is 0 Å². The van der Waals surface area contributed by atoms with Crippen LogP contribution in [0.4, 0.5) is 0 Å². The lowest BCUT2D eigenvalue weighted by Gasteiger charge is -2.26. The van der Waals surface area contributed by atoms with Gasteiger partial charge in [0.15, 0.2) is 5.69 Å². The van der Waals surface area contributed by atoms with Gasteiger partial charge in [-0.15, -0.1) is 0 Å². The third-order valence-electron chi connectivity index (χ3n) is 6.93. The molecule has 2 aromatic heterocycles. The molecular weight excluding hydrogens is 745 g/mol. The second-order valence-corrected chi connectivity index (χ2v) is 16.1. The topological polar surface area (TPSA) is 215 Å². The van der Waals surface area contributed by atoms with Gasteiger partial charge in [0.2, 0.25) is 0 Å². The van der Waals surface area contributed by atoms with E-state index in [4.69, 9.17) is 41.5 Å². The molecule has 3 N–H and O–H groups in total. The molecule has 0 aliphatic carbocycles. The number of halogens is 2. The molecule has 264 valence electrons. The van der Waals surface area contributed by atoms with Crippen molar-refractivity contribution in [1.82, 2.24) is 25.0 Å². The van der Waals surface area contributed by atoms with E-state index in [-0.39, 0.29) is 22.2 Å². The first-order valence-corrected chi connectivity index (χ1v) is 19.8. The third kappa shape index (κ3) is 10.9. The number of benzene rings is 2. The Kier molecular flexibility index (Phi) is 12.4. The fourth-order valence-corrected chi connectivity index (χ4v) is 7.69. The van der Waals surface area contributed by atoms with E-state index < -0.39 is 41.9 Å². The number of amides is 1. The van der Waals surface area contributed by atoms with Crippen molar-refractivity contribution in [2.45, 2.75) is 31.1 Å². The van der Waals surface area contributed by atoms with Gasteiger partial charge in [-0.05, 0) is 74.4 Å². The molecule has 0 bridgehead atoms. The Balaban J connectivity index is 0.000000471. The molecule has 5 rings (SSSR count). The summed E-state index contributed by atoms with van der Waals surface area (Å²) in [5.41, 5.74) is 5.02. The van der Waals surface area contributed by atoms with Crippen LogP contribution in [-0.4, -0.2) is 84.4 Å². The maximum absolute atomic E-state index is 13.3. The SMILES string of the molecule is Cc1c(C(=O)NN2CCCCC2)nc(-c2ccc(Cl)cc2Cl)n1-c1ccc(OS(=O)(=O)c2cccnc2)cc1.O=S(=O)(O)CCS(=O)(=O)O. The molecular formula is C29H31Cl2N5O10S3. The van der Waals surface area contributed by atoms with Crippen LogP contribution in [0.25, 0.3) is 17.1 Å². The standard InChI is InChI=1S/C27H25Cl2N5O4S.C2H6O6S2/c1-18-25(27(35)32-33-14-3-2-4-15-33)31-26(23-12-7-19(28)16-24(23)29)34(18)20-8-10-21(11-9-20)38-39(36,37)22-6-5-13-30-17-22;3-9(4,5)1-2-10(6,7)8/h5-13,16-17H,2-4,14-15H2,1H3,(H,32,35);1-2H2,(H,3,4,5)(H,6,7,8). The molecule has 4 aromatic rings. The summed E-state index contributed by atoms with van der Waals surface area (Å²) >= 11 is 12.7. The zero-order valence-electron chi connectivity index (χ0n) is 25.7. The minimum absolute atomic E-state index is 0.0523. The van der Waals surface area contributed by atoms with Crippen molar-refractivity contribution >= 4 is 59.5 Å². The van der Waals surface area contributed by atoms with Crippen molar-refractivity contribution < 1.29 is 43.3 Å². The number of hydrogen-bond donors (Lipinski definition) is 3. The van der Waals surface area contributed by atoms with Gasteiger partial charge < -0.3 is 4.18 Å². The molecule has 1 aliphatic rings. The summed E-state index contributed by atoms with van der Waals surface area (Å²) in [6, 6.07) is 14.4. The van der Waals surface area contributed by atoms with Crippen molar-refractivity contribution in [2.75, 3.05) is 24.6 Å². The Labute approximate surface area is 293 Å². The highest BCUT2D eigenvalue weighted by molar-refractivity contribution is 7.89. The average molecular weight is 777 g/mol. The second-order valence-electron chi connectivity index (χ2n) is 10.6. The molecule has 1 fully saturated rings. The van der Waals surface area contributed by atoms with Gasteiger partial charge in [-0.1, -0.05) is 29.6 Å². The van der Waals surface area contributed by atoms with Gasteiger partial charge in [-0.25, -0.2) is 9.99 Å². The van der Waals surface area contributed by atoms with Crippen LogP contribution in [0.2, 0.25) is 10.0 Å². The quantitative estimate of drug-likeness (QED) is 0.152. The van der Waals surface area contributed by atoms with Gasteiger partial charge >= 0.3 is 10.1 Å². The van der Waals surface area contributed by atoms with Crippen molar-refractivity contribution in [2.24, 2.45) is 0 Å². The first-order chi connectivity index (χ1) is 22.9. The number of carbonyl (C=O) groups excluding carboxylic acids is 1. The van der Waals surface area contributed by atoms with Crippen molar-refractivity contribution in [3.8, 4) is 22.8 Å². The number of pyridine rings is 1. The van der Waals surface area contributed by atoms with Gasteiger partial charge in [0, 0.05) is 41.8 Å². The number of hydrogen-bond acceptors (Lipinski definition) is 11. The van der Waals surface area contributed by atoms with E-state index in [0.29, 0.717) is 32.8 Å². The van der Waals surface area contributed by atoms with Crippen molar-refractivity contribution in [1.29, 1.82) is 0 Å². The number of imidazole rings is 1. The first kappa shape index (κ1) is 38.2. The lowest BCUT2D eigenvalue weighted by atomic mass is 10.2. The number of aromatic nitrogens is 3. The Morgan fingerprint density at radius 1 is 0.918 bits per heavy atom. The zero-order chi connectivity index (χ0) is 36.0.